The summed E-state index contributed by atoms with van der Waals surface area (Å²) in [5, 5.41) is 2.55. The highest BCUT2D eigenvalue weighted by Gasteiger charge is 2.14. The Balaban J connectivity index is 2.04. The molecule has 0 heterocycles. The van der Waals surface area contributed by atoms with Crippen LogP contribution < -0.4 is 10.0 Å². The van der Waals surface area contributed by atoms with Gasteiger partial charge in [0, 0.05) is 24.3 Å². The van der Waals surface area contributed by atoms with Crippen molar-refractivity contribution in [2.45, 2.75) is 4.90 Å². The molecule has 0 saturated heterocycles. The van der Waals surface area contributed by atoms with Crippen LogP contribution in [0.1, 0.15) is 10.4 Å². The Morgan fingerprint density at radius 2 is 1.80 bits per heavy atom. The van der Waals surface area contributed by atoms with E-state index in [1.807, 2.05) is 19.0 Å². The highest BCUT2D eigenvalue weighted by Crippen LogP contribution is 2.14. The molecule has 0 saturated carbocycles. The molecule has 2 rings (SSSR count). The van der Waals surface area contributed by atoms with Crippen molar-refractivity contribution in [3.8, 4) is 0 Å². The Kier molecular flexibility index (Phi) is 6.24. The second kappa shape index (κ2) is 8.19. The summed E-state index contributed by atoms with van der Waals surface area (Å²) in [6, 6.07) is 11.1. The van der Waals surface area contributed by atoms with Crippen molar-refractivity contribution < 1.29 is 17.6 Å². The number of halogens is 1. The minimum atomic E-state index is -3.62. The molecule has 0 aliphatic carbocycles. The molecule has 2 aromatic rings. The van der Waals surface area contributed by atoms with E-state index < -0.39 is 21.7 Å². The van der Waals surface area contributed by atoms with E-state index in [4.69, 9.17) is 0 Å². The lowest BCUT2D eigenvalue weighted by molar-refractivity contribution is 0.102. The standard InChI is InChI=1S/C17H20FN3O3S/c1-21(2)11-10-19-25(23,24)16-8-6-13(7-9-16)17(22)20-15-5-3-4-14(18)12-15/h3-9,12,19H,10-11H2,1-2H3,(H,20,22). The van der Waals surface area contributed by atoms with Gasteiger partial charge in [-0.2, -0.15) is 0 Å². The van der Waals surface area contributed by atoms with E-state index in [0.29, 0.717) is 12.2 Å². The van der Waals surface area contributed by atoms with Crippen LogP contribution in [0.5, 0.6) is 0 Å². The van der Waals surface area contributed by atoms with Crippen LogP contribution in [0.4, 0.5) is 10.1 Å². The minimum absolute atomic E-state index is 0.0774. The van der Waals surface area contributed by atoms with E-state index in [-0.39, 0.29) is 17.0 Å². The van der Waals surface area contributed by atoms with Crippen LogP contribution in [-0.4, -0.2) is 46.4 Å². The van der Waals surface area contributed by atoms with E-state index in [0.717, 1.165) is 0 Å². The fourth-order valence-corrected chi connectivity index (χ4v) is 3.06. The number of likely N-dealkylation sites (N-methyl/N-ethyl adjacent to an activating group) is 1. The maximum absolute atomic E-state index is 13.1. The van der Waals surface area contributed by atoms with Gasteiger partial charge < -0.3 is 10.2 Å². The van der Waals surface area contributed by atoms with Gasteiger partial charge in [-0.25, -0.2) is 17.5 Å². The third-order valence-corrected chi connectivity index (χ3v) is 4.84. The molecule has 2 N–H and O–H groups in total. The summed E-state index contributed by atoms with van der Waals surface area (Å²) in [5.41, 5.74) is 0.601. The zero-order chi connectivity index (χ0) is 18.4. The van der Waals surface area contributed by atoms with Crippen LogP contribution in [0.3, 0.4) is 0 Å². The van der Waals surface area contributed by atoms with Crippen molar-refractivity contribution in [3.63, 3.8) is 0 Å². The topological polar surface area (TPSA) is 78.5 Å². The lowest BCUT2D eigenvalue weighted by atomic mass is 10.2. The first-order valence-electron chi connectivity index (χ1n) is 7.59. The molecule has 0 bridgehead atoms. The van der Waals surface area contributed by atoms with Crippen molar-refractivity contribution >= 4 is 21.6 Å². The van der Waals surface area contributed by atoms with Gasteiger partial charge in [-0.15, -0.1) is 0 Å². The zero-order valence-corrected chi connectivity index (χ0v) is 14.8. The first kappa shape index (κ1) is 19.0. The fourth-order valence-electron chi connectivity index (χ4n) is 2.04. The van der Waals surface area contributed by atoms with Gasteiger partial charge in [0.2, 0.25) is 10.0 Å². The van der Waals surface area contributed by atoms with Crippen molar-refractivity contribution in [1.29, 1.82) is 0 Å². The number of hydrogen-bond acceptors (Lipinski definition) is 4. The number of anilines is 1. The van der Waals surface area contributed by atoms with Crippen molar-refractivity contribution in [3.05, 3.63) is 59.9 Å². The van der Waals surface area contributed by atoms with Crippen LogP contribution in [0.15, 0.2) is 53.4 Å². The van der Waals surface area contributed by atoms with Crippen molar-refractivity contribution in [1.82, 2.24) is 9.62 Å². The number of benzene rings is 2. The van der Waals surface area contributed by atoms with Crippen LogP contribution in [-0.2, 0) is 10.0 Å². The second-order valence-electron chi connectivity index (χ2n) is 5.69. The molecule has 0 unspecified atom stereocenters. The summed E-state index contributed by atoms with van der Waals surface area (Å²) in [7, 11) is 0.0742. The van der Waals surface area contributed by atoms with Gasteiger partial charge in [-0.05, 0) is 56.6 Å². The molecular weight excluding hydrogens is 345 g/mol. The molecule has 0 radical (unpaired) electrons. The van der Waals surface area contributed by atoms with Gasteiger partial charge in [-0.3, -0.25) is 4.79 Å². The lowest BCUT2D eigenvalue weighted by Gasteiger charge is -2.11. The zero-order valence-electron chi connectivity index (χ0n) is 14.0. The Morgan fingerprint density at radius 3 is 2.40 bits per heavy atom. The van der Waals surface area contributed by atoms with E-state index in [1.165, 1.54) is 42.5 Å². The number of hydrogen-bond donors (Lipinski definition) is 2. The molecule has 0 aromatic heterocycles. The number of nitrogens with one attached hydrogen (secondary N) is 2. The smallest absolute Gasteiger partial charge is 0.255 e. The second-order valence-corrected chi connectivity index (χ2v) is 7.46. The monoisotopic (exact) mass is 365 g/mol. The Labute approximate surface area is 146 Å². The predicted molar refractivity (Wildman–Crippen MR) is 94.5 cm³/mol. The molecule has 2 aromatic carbocycles. The molecule has 8 heteroatoms. The van der Waals surface area contributed by atoms with Gasteiger partial charge in [-0.1, -0.05) is 6.07 Å². The maximum Gasteiger partial charge on any atom is 0.255 e. The number of amides is 1. The van der Waals surface area contributed by atoms with E-state index in [9.17, 15) is 17.6 Å². The first-order valence-corrected chi connectivity index (χ1v) is 9.07. The van der Waals surface area contributed by atoms with Crippen LogP contribution in [0.2, 0.25) is 0 Å². The SMILES string of the molecule is CN(C)CCNS(=O)(=O)c1ccc(C(=O)Nc2cccc(F)c2)cc1. The number of carbonyl (C=O) groups excluding carboxylic acids is 1. The average molecular weight is 365 g/mol. The molecule has 1 amide bonds. The summed E-state index contributed by atoms with van der Waals surface area (Å²) in [4.78, 5) is 14.1. The minimum Gasteiger partial charge on any atom is -0.322 e. The van der Waals surface area contributed by atoms with Crippen LogP contribution in [0.25, 0.3) is 0 Å². The molecule has 6 nitrogen and oxygen atoms in total. The predicted octanol–water partition coefficient (Wildman–Crippen LogP) is 1.92. The molecule has 0 fully saturated rings. The third kappa shape index (κ3) is 5.63. The summed E-state index contributed by atoms with van der Waals surface area (Å²) in [6.07, 6.45) is 0. The molecule has 134 valence electrons. The number of nitrogens with zero attached hydrogens (tertiary/aromatic N) is 1. The average Bonchev–Trinajstić information content (AvgIpc) is 2.54. The summed E-state index contributed by atoms with van der Waals surface area (Å²) < 4.78 is 39.9. The van der Waals surface area contributed by atoms with E-state index in [2.05, 4.69) is 10.0 Å². The van der Waals surface area contributed by atoms with Gasteiger partial charge >= 0.3 is 0 Å². The summed E-state index contributed by atoms with van der Waals surface area (Å²) in [5.74, 6) is -0.904. The van der Waals surface area contributed by atoms with Gasteiger partial charge in [0.25, 0.3) is 5.91 Å². The molecular formula is C17H20FN3O3S. The number of rotatable bonds is 7. The highest BCUT2D eigenvalue weighted by molar-refractivity contribution is 7.89. The van der Waals surface area contributed by atoms with Crippen LogP contribution in [0, 0.1) is 5.82 Å². The molecule has 25 heavy (non-hydrogen) atoms. The van der Waals surface area contributed by atoms with E-state index >= 15 is 0 Å². The Morgan fingerprint density at radius 1 is 1.12 bits per heavy atom. The summed E-state index contributed by atoms with van der Waals surface area (Å²) in [6.45, 7) is 0.866. The fraction of sp³-hybridized carbons (Fsp3) is 0.235. The molecule has 0 atom stereocenters. The normalized spacial score (nSPS) is 11.5. The van der Waals surface area contributed by atoms with E-state index in [1.54, 1.807) is 6.07 Å². The maximum atomic E-state index is 13.1. The van der Waals surface area contributed by atoms with Gasteiger partial charge in [0.15, 0.2) is 0 Å². The lowest BCUT2D eigenvalue weighted by Crippen LogP contribution is -2.31. The molecule has 0 spiro atoms. The largest absolute Gasteiger partial charge is 0.322 e. The number of sulfonamides is 1. The van der Waals surface area contributed by atoms with Crippen molar-refractivity contribution in [2.75, 3.05) is 32.5 Å². The van der Waals surface area contributed by atoms with Crippen LogP contribution >= 0.6 is 0 Å². The molecule has 0 aliphatic rings. The highest BCUT2D eigenvalue weighted by atomic mass is 32.2. The van der Waals surface area contributed by atoms with Gasteiger partial charge in [0.1, 0.15) is 5.82 Å². The van der Waals surface area contributed by atoms with Gasteiger partial charge in [0.05, 0.1) is 4.90 Å². The summed E-state index contributed by atoms with van der Waals surface area (Å²) >= 11 is 0. The third-order valence-electron chi connectivity index (χ3n) is 3.36. The Bertz CT molecular complexity index is 836. The van der Waals surface area contributed by atoms with Crippen molar-refractivity contribution in [2.24, 2.45) is 0 Å². The number of carbonyl (C=O) groups is 1. The Hall–Kier alpha value is -2.29. The molecule has 0 aliphatic heterocycles. The first-order chi connectivity index (χ1) is 11.8. The quantitative estimate of drug-likeness (QED) is 0.786.